The van der Waals surface area contributed by atoms with Crippen LogP contribution in [0.3, 0.4) is 0 Å². The Labute approximate surface area is 333 Å². The van der Waals surface area contributed by atoms with Gasteiger partial charge in [0.1, 0.15) is 11.2 Å². The lowest BCUT2D eigenvalue weighted by atomic mass is 10.0. The summed E-state index contributed by atoms with van der Waals surface area (Å²) in [6.07, 6.45) is 0. The first-order valence-corrected chi connectivity index (χ1v) is 19.5. The number of nitrogens with zero attached hydrogens (tertiary/aromatic N) is 4. The van der Waals surface area contributed by atoms with E-state index in [0.717, 1.165) is 66.3 Å². The first-order chi connectivity index (χ1) is 28.7. The molecule has 0 radical (unpaired) electrons. The Bertz CT molecular complexity index is 3580. The molecule has 12 aromatic rings. The Balaban J connectivity index is 1.01. The largest absolute Gasteiger partial charge is 0.456 e. The molecule has 0 bridgehead atoms. The van der Waals surface area contributed by atoms with Crippen LogP contribution in [0.4, 0.5) is 0 Å². The lowest BCUT2D eigenvalue weighted by Gasteiger charge is -2.10. The molecule has 270 valence electrons. The van der Waals surface area contributed by atoms with Crippen molar-refractivity contribution in [3.63, 3.8) is 0 Å². The third kappa shape index (κ3) is 5.21. The minimum atomic E-state index is 0.582. The molecule has 0 aliphatic rings. The minimum absolute atomic E-state index is 0.582. The molecule has 9 aromatic carbocycles. The van der Waals surface area contributed by atoms with E-state index in [1.807, 2.05) is 6.07 Å². The number of rotatable bonds is 5. The molecule has 0 fully saturated rings. The van der Waals surface area contributed by atoms with E-state index in [2.05, 4.69) is 193 Å². The molecule has 12 rings (SSSR count). The predicted molar refractivity (Wildman–Crippen MR) is 238 cm³/mol. The summed E-state index contributed by atoms with van der Waals surface area (Å²) in [5.74, 6) is 1.81. The highest BCUT2D eigenvalue weighted by Crippen LogP contribution is 2.39. The highest BCUT2D eigenvalue weighted by Gasteiger charge is 2.18. The van der Waals surface area contributed by atoms with Crippen molar-refractivity contribution in [1.82, 2.24) is 19.5 Å². The zero-order chi connectivity index (χ0) is 38.2. The Kier molecular flexibility index (Phi) is 7.16. The van der Waals surface area contributed by atoms with Crippen LogP contribution in [-0.2, 0) is 0 Å². The van der Waals surface area contributed by atoms with Gasteiger partial charge in [0.2, 0.25) is 0 Å². The number of hydrogen-bond acceptors (Lipinski definition) is 4. The number of aromatic nitrogens is 4. The van der Waals surface area contributed by atoms with E-state index < -0.39 is 0 Å². The summed E-state index contributed by atoms with van der Waals surface area (Å²) in [5.41, 5.74) is 9.94. The summed E-state index contributed by atoms with van der Waals surface area (Å²) in [6, 6.07) is 68.1. The second-order valence-corrected chi connectivity index (χ2v) is 14.8. The number of benzene rings is 9. The molecule has 0 N–H and O–H groups in total. The minimum Gasteiger partial charge on any atom is -0.456 e. The standard InChI is InChI=1S/C53H32N4O/c1-2-11-33(12-3-1)37-16-10-17-38(29-37)51-54-52(39-22-21-34-13-4-5-15-36(34)30-39)56-53(55-51)40-24-26-44-45-28-25-41(32-49(45)58-48(44)31-40)57-47-20-9-8-19-43(47)46-27-23-35-14-6-7-18-42(35)50(46)57/h1-32H. The zero-order valence-electron chi connectivity index (χ0n) is 31.2. The van der Waals surface area contributed by atoms with Gasteiger partial charge in [-0.2, -0.15) is 0 Å². The van der Waals surface area contributed by atoms with Gasteiger partial charge in [0.05, 0.1) is 11.0 Å². The van der Waals surface area contributed by atoms with Crippen LogP contribution >= 0.6 is 0 Å². The molecule has 58 heavy (non-hydrogen) atoms. The molecule has 0 aliphatic carbocycles. The maximum atomic E-state index is 6.72. The fourth-order valence-electron chi connectivity index (χ4n) is 8.60. The van der Waals surface area contributed by atoms with Crippen molar-refractivity contribution in [2.75, 3.05) is 0 Å². The second kappa shape index (κ2) is 12.8. The lowest BCUT2D eigenvalue weighted by Crippen LogP contribution is -2.00. The van der Waals surface area contributed by atoms with E-state index in [1.54, 1.807) is 0 Å². The average molecular weight is 741 g/mol. The molecule has 0 unspecified atom stereocenters. The molecule has 5 heteroatoms. The van der Waals surface area contributed by atoms with E-state index in [1.165, 1.54) is 32.4 Å². The molecule has 0 amide bonds. The SMILES string of the molecule is c1ccc(-c2cccc(-c3nc(-c4ccc5ccccc5c4)nc(-c4ccc5c(c4)oc4cc(-n6c7ccccc7c7ccc8ccccc8c76)ccc45)n3)c2)cc1. The molecule has 0 saturated heterocycles. The second-order valence-electron chi connectivity index (χ2n) is 14.8. The van der Waals surface area contributed by atoms with E-state index in [0.29, 0.717) is 17.5 Å². The maximum Gasteiger partial charge on any atom is 0.164 e. The lowest BCUT2D eigenvalue weighted by molar-refractivity contribution is 0.668. The summed E-state index contributed by atoms with van der Waals surface area (Å²) in [7, 11) is 0. The number of furan rings is 1. The molecule has 0 saturated carbocycles. The van der Waals surface area contributed by atoms with Gasteiger partial charge in [-0.3, -0.25) is 0 Å². The van der Waals surface area contributed by atoms with Crippen LogP contribution in [0.2, 0.25) is 0 Å². The van der Waals surface area contributed by atoms with Gasteiger partial charge in [0, 0.05) is 55.4 Å². The van der Waals surface area contributed by atoms with Crippen molar-refractivity contribution in [3.8, 4) is 51.0 Å². The van der Waals surface area contributed by atoms with E-state index >= 15 is 0 Å². The van der Waals surface area contributed by atoms with Crippen LogP contribution < -0.4 is 0 Å². The van der Waals surface area contributed by atoms with Crippen LogP contribution in [0.15, 0.2) is 199 Å². The first kappa shape index (κ1) is 32.4. The zero-order valence-corrected chi connectivity index (χ0v) is 31.2. The average Bonchev–Trinajstić information content (AvgIpc) is 3.84. The quantitative estimate of drug-likeness (QED) is 0.176. The maximum absolute atomic E-state index is 6.72. The van der Waals surface area contributed by atoms with Gasteiger partial charge in [-0.05, 0) is 69.8 Å². The Morgan fingerprint density at radius 2 is 0.897 bits per heavy atom. The van der Waals surface area contributed by atoms with Crippen molar-refractivity contribution < 1.29 is 4.42 Å². The Morgan fingerprint density at radius 3 is 1.72 bits per heavy atom. The molecular formula is C53H32N4O. The van der Waals surface area contributed by atoms with Gasteiger partial charge in [-0.25, -0.2) is 15.0 Å². The summed E-state index contributed by atoms with van der Waals surface area (Å²) in [6.45, 7) is 0. The van der Waals surface area contributed by atoms with Crippen molar-refractivity contribution in [3.05, 3.63) is 194 Å². The van der Waals surface area contributed by atoms with Crippen LogP contribution in [0, 0.1) is 0 Å². The fraction of sp³-hybridized carbons (Fsp3) is 0. The van der Waals surface area contributed by atoms with Crippen LogP contribution in [0.5, 0.6) is 0 Å². The fourth-order valence-corrected chi connectivity index (χ4v) is 8.60. The summed E-state index contributed by atoms with van der Waals surface area (Å²) >= 11 is 0. The summed E-state index contributed by atoms with van der Waals surface area (Å²) < 4.78 is 9.10. The van der Waals surface area contributed by atoms with Gasteiger partial charge in [-0.15, -0.1) is 0 Å². The first-order valence-electron chi connectivity index (χ1n) is 19.5. The van der Waals surface area contributed by atoms with Gasteiger partial charge < -0.3 is 8.98 Å². The Hall–Kier alpha value is -7.89. The monoisotopic (exact) mass is 740 g/mol. The third-order valence-electron chi connectivity index (χ3n) is 11.4. The Morgan fingerprint density at radius 1 is 0.328 bits per heavy atom. The van der Waals surface area contributed by atoms with E-state index in [-0.39, 0.29) is 0 Å². The van der Waals surface area contributed by atoms with Crippen molar-refractivity contribution in [2.45, 2.75) is 0 Å². The van der Waals surface area contributed by atoms with Crippen LogP contribution in [0.1, 0.15) is 0 Å². The van der Waals surface area contributed by atoms with Gasteiger partial charge in [0.25, 0.3) is 0 Å². The van der Waals surface area contributed by atoms with Gasteiger partial charge >= 0.3 is 0 Å². The predicted octanol–water partition coefficient (Wildman–Crippen LogP) is 13.8. The molecule has 5 nitrogen and oxygen atoms in total. The molecule has 3 aromatic heterocycles. The van der Waals surface area contributed by atoms with Crippen molar-refractivity contribution in [1.29, 1.82) is 0 Å². The molecule has 0 spiro atoms. The smallest absolute Gasteiger partial charge is 0.164 e. The summed E-state index contributed by atoms with van der Waals surface area (Å²) in [4.78, 5) is 15.3. The van der Waals surface area contributed by atoms with Crippen molar-refractivity contribution >= 4 is 65.3 Å². The highest BCUT2D eigenvalue weighted by atomic mass is 16.3. The number of hydrogen-bond donors (Lipinski definition) is 0. The third-order valence-corrected chi connectivity index (χ3v) is 11.4. The van der Waals surface area contributed by atoms with E-state index in [4.69, 9.17) is 19.4 Å². The topological polar surface area (TPSA) is 56.7 Å². The molecule has 0 aliphatic heterocycles. The molecular weight excluding hydrogens is 709 g/mol. The van der Waals surface area contributed by atoms with Crippen LogP contribution in [-0.4, -0.2) is 19.5 Å². The van der Waals surface area contributed by atoms with Crippen molar-refractivity contribution in [2.24, 2.45) is 0 Å². The molecule has 3 heterocycles. The highest BCUT2D eigenvalue weighted by molar-refractivity contribution is 6.19. The number of para-hydroxylation sites is 1. The van der Waals surface area contributed by atoms with Gasteiger partial charge in [0.15, 0.2) is 17.5 Å². The molecule has 0 atom stereocenters. The van der Waals surface area contributed by atoms with Crippen LogP contribution in [0.25, 0.3) is 116 Å². The number of fused-ring (bicyclic) bond motifs is 9. The van der Waals surface area contributed by atoms with Gasteiger partial charge in [-0.1, -0.05) is 146 Å². The normalized spacial score (nSPS) is 11.8. The summed E-state index contributed by atoms with van der Waals surface area (Å²) in [5, 5.41) is 9.29. The van der Waals surface area contributed by atoms with E-state index in [9.17, 15) is 0 Å².